The Morgan fingerprint density at radius 3 is 2.48 bits per heavy atom. The first kappa shape index (κ1) is 16.9. The van der Waals surface area contributed by atoms with E-state index in [2.05, 4.69) is 59.4 Å². The van der Waals surface area contributed by atoms with Crippen molar-refractivity contribution in [2.75, 3.05) is 33.2 Å². The van der Waals surface area contributed by atoms with Gasteiger partial charge in [-0.2, -0.15) is 0 Å². The second kappa shape index (κ2) is 8.27. The molecule has 2 aliphatic rings. The molecule has 0 aliphatic carbocycles. The molecule has 2 atom stereocenters. The molecule has 1 N–H and O–H groups in total. The summed E-state index contributed by atoms with van der Waals surface area (Å²) in [4.78, 5) is 5.10. The van der Waals surface area contributed by atoms with E-state index in [0.29, 0.717) is 0 Å². The van der Waals surface area contributed by atoms with Gasteiger partial charge in [0, 0.05) is 18.6 Å². The maximum Gasteiger partial charge on any atom is 0.0233 e. The molecule has 0 saturated carbocycles. The molecule has 0 amide bonds. The van der Waals surface area contributed by atoms with Gasteiger partial charge in [0.25, 0.3) is 0 Å². The molecule has 1 aromatic carbocycles. The summed E-state index contributed by atoms with van der Waals surface area (Å²) in [6, 6.07) is 12.4. The summed E-state index contributed by atoms with van der Waals surface area (Å²) >= 11 is 0. The summed E-state index contributed by atoms with van der Waals surface area (Å²) in [6.45, 7) is 8.45. The van der Waals surface area contributed by atoms with E-state index in [9.17, 15) is 0 Å². The highest BCUT2D eigenvalue weighted by molar-refractivity contribution is 5.14. The van der Waals surface area contributed by atoms with Gasteiger partial charge in [0.15, 0.2) is 0 Å². The van der Waals surface area contributed by atoms with Crippen molar-refractivity contribution in [3.63, 3.8) is 0 Å². The van der Waals surface area contributed by atoms with Crippen LogP contribution in [0.5, 0.6) is 0 Å². The number of hydrogen-bond acceptors (Lipinski definition) is 3. The van der Waals surface area contributed by atoms with Gasteiger partial charge in [-0.3, -0.25) is 4.90 Å². The van der Waals surface area contributed by atoms with E-state index in [4.69, 9.17) is 0 Å². The molecule has 1 aromatic rings. The molecule has 2 aliphatic heterocycles. The molecular weight excluding hydrogens is 282 g/mol. The molecule has 2 saturated heterocycles. The number of benzene rings is 1. The zero-order valence-corrected chi connectivity index (χ0v) is 14.9. The molecule has 2 fully saturated rings. The Hall–Kier alpha value is -0.900. The van der Waals surface area contributed by atoms with E-state index in [1.54, 1.807) is 0 Å². The van der Waals surface area contributed by atoms with Crippen LogP contribution in [0.1, 0.15) is 38.2 Å². The topological polar surface area (TPSA) is 18.5 Å². The fourth-order valence-electron chi connectivity index (χ4n) is 4.00. The van der Waals surface area contributed by atoms with Gasteiger partial charge in [0.05, 0.1) is 0 Å². The van der Waals surface area contributed by atoms with Crippen molar-refractivity contribution in [2.24, 2.45) is 5.92 Å². The number of nitrogens with zero attached hydrogens (tertiary/aromatic N) is 2. The Balaban J connectivity index is 1.35. The van der Waals surface area contributed by atoms with Gasteiger partial charge >= 0.3 is 0 Å². The smallest absolute Gasteiger partial charge is 0.0233 e. The van der Waals surface area contributed by atoms with Crippen LogP contribution in [0.2, 0.25) is 0 Å². The van der Waals surface area contributed by atoms with E-state index in [1.165, 1.54) is 57.4 Å². The van der Waals surface area contributed by atoms with E-state index in [0.717, 1.165) is 24.5 Å². The van der Waals surface area contributed by atoms with Gasteiger partial charge in [0.2, 0.25) is 0 Å². The predicted octanol–water partition coefficient (Wildman–Crippen LogP) is 2.97. The highest BCUT2D eigenvalue weighted by atomic mass is 15.1. The lowest BCUT2D eigenvalue weighted by Crippen LogP contribution is -2.47. The van der Waals surface area contributed by atoms with Crippen molar-refractivity contribution in [1.82, 2.24) is 15.1 Å². The normalized spacial score (nSPS) is 28.1. The second-order valence-corrected chi connectivity index (χ2v) is 7.66. The molecule has 0 spiro atoms. The Morgan fingerprint density at radius 1 is 1.04 bits per heavy atom. The summed E-state index contributed by atoms with van der Waals surface area (Å²) in [7, 11) is 2.25. The summed E-state index contributed by atoms with van der Waals surface area (Å²) in [5.41, 5.74) is 1.45. The molecule has 23 heavy (non-hydrogen) atoms. The molecule has 2 unspecified atom stereocenters. The lowest BCUT2D eigenvalue weighted by atomic mass is 9.94. The van der Waals surface area contributed by atoms with Gasteiger partial charge in [-0.15, -0.1) is 0 Å². The lowest BCUT2D eigenvalue weighted by Gasteiger charge is -2.37. The third-order valence-corrected chi connectivity index (χ3v) is 5.86. The van der Waals surface area contributed by atoms with Crippen molar-refractivity contribution in [3.8, 4) is 0 Å². The highest BCUT2D eigenvalue weighted by Crippen LogP contribution is 2.20. The van der Waals surface area contributed by atoms with Crippen LogP contribution in [-0.4, -0.2) is 55.1 Å². The van der Waals surface area contributed by atoms with Gasteiger partial charge in [-0.25, -0.2) is 0 Å². The van der Waals surface area contributed by atoms with Crippen molar-refractivity contribution in [1.29, 1.82) is 0 Å². The maximum absolute atomic E-state index is 3.86. The van der Waals surface area contributed by atoms with Gasteiger partial charge in [0.1, 0.15) is 0 Å². The molecule has 0 radical (unpaired) electrons. The molecule has 2 heterocycles. The lowest BCUT2D eigenvalue weighted by molar-refractivity contribution is 0.149. The predicted molar refractivity (Wildman–Crippen MR) is 97.6 cm³/mol. The summed E-state index contributed by atoms with van der Waals surface area (Å²) in [6.07, 6.45) is 5.32. The van der Waals surface area contributed by atoms with Crippen LogP contribution in [0.15, 0.2) is 30.3 Å². The Labute approximate surface area is 142 Å². The van der Waals surface area contributed by atoms with Crippen LogP contribution in [0.3, 0.4) is 0 Å². The van der Waals surface area contributed by atoms with E-state index < -0.39 is 0 Å². The van der Waals surface area contributed by atoms with Crippen molar-refractivity contribution < 1.29 is 0 Å². The van der Waals surface area contributed by atoms with Crippen LogP contribution < -0.4 is 5.32 Å². The summed E-state index contributed by atoms with van der Waals surface area (Å²) < 4.78 is 0. The SMILES string of the molecule is CC1CC(NCC2CCN(Cc3ccccc3)CC2)CCN1C. The first-order valence-corrected chi connectivity index (χ1v) is 9.40. The zero-order valence-electron chi connectivity index (χ0n) is 14.9. The van der Waals surface area contributed by atoms with E-state index >= 15 is 0 Å². The summed E-state index contributed by atoms with van der Waals surface area (Å²) in [5.74, 6) is 0.872. The number of piperidine rings is 2. The van der Waals surface area contributed by atoms with Crippen LogP contribution in [0.4, 0.5) is 0 Å². The quantitative estimate of drug-likeness (QED) is 0.901. The van der Waals surface area contributed by atoms with Gasteiger partial charge in [-0.1, -0.05) is 30.3 Å². The minimum atomic E-state index is 0.731. The van der Waals surface area contributed by atoms with Crippen molar-refractivity contribution in [2.45, 2.75) is 51.2 Å². The highest BCUT2D eigenvalue weighted by Gasteiger charge is 2.24. The first-order valence-electron chi connectivity index (χ1n) is 9.40. The van der Waals surface area contributed by atoms with Crippen LogP contribution in [-0.2, 0) is 6.54 Å². The third kappa shape index (κ3) is 5.03. The van der Waals surface area contributed by atoms with Gasteiger partial charge in [-0.05, 0) is 77.3 Å². The average molecular weight is 316 g/mol. The Bertz CT molecular complexity index is 453. The standard InChI is InChI=1S/C20H33N3/c1-17-14-20(10-11-22(17)2)21-15-18-8-12-23(13-9-18)16-19-6-4-3-5-7-19/h3-7,17-18,20-21H,8-16H2,1-2H3. The van der Waals surface area contributed by atoms with Crippen molar-refractivity contribution >= 4 is 0 Å². The van der Waals surface area contributed by atoms with Gasteiger partial charge < -0.3 is 10.2 Å². The largest absolute Gasteiger partial charge is 0.314 e. The fraction of sp³-hybridized carbons (Fsp3) is 0.700. The van der Waals surface area contributed by atoms with Crippen molar-refractivity contribution in [3.05, 3.63) is 35.9 Å². The number of hydrogen-bond donors (Lipinski definition) is 1. The molecule has 3 nitrogen and oxygen atoms in total. The molecular formula is C20H33N3. The molecule has 0 aromatic heterocycles. The van der Waals surface area contributed by atoms with Crippen LogP contribution in [0, 0.1) is 5.92 Å². The molecule has 3 rings (SSSR count). The fourth-order valence-corrected chi connectivity index (χ4v) is 4.00. The van der Waals surface area contributed by atoms with E-state index in [1.807, 2.05) is 0 Å². The monoisotopic (exact) mass is 315 g/mol. The van der Waals surface area contributed by atoms with Crippen LogP contribution in [0.25, 0.3) is 0 Å². The van der Waals surface area contributed by atoms with E-state index in [-0.39, 0.29) is 0 Å². The summed E-state index contributed by atoms with van der Waals surface area (Å²) in [5, 5.41) is 3.86. The Kier molecular flexibility index (Phi) is 6.09. The zero-order chi connectivity index (χ0) is 16.1. The average Bonchev–Trinajstić information content (AvgIpc) is 2.58. The second-order valence-electron chi connectivity index (χ2n) is 7.66. The third-order valence-electron chi connectivity index (χ3n) is 5.86. The minimum absolute atomic E-state index is 0.731. The molecule has 3 heteroatoms. The Morgan fingerprint density at radius 2 is 1.78 bits per heavy atom. The maximum atomic E-state index is 3.86. The molecule has 0 bridgehead atoms. The number of nitrogens with one attached hydrogen (secondary N) is 1. The molecule has 128 valence electrons. The first-order chi connectivity index (χ1) is 11.2. The minimum Gasteiger partial charge on any atom is -0.314 e. The number of likely N-dealkylation sites (tertiary alicyclic amines) is 2. The van der Waals surface area contributed by atoms with Crippen LogP contribution >= 0.6 is 0 Å². The number of rotatable bonds is 5.